The molecule has 0 aliphatic heterocycles. The Balaban J connectivity index is 2.38. The van der Waals surface area contributed by atoms with Gasteiger partial charge >= 0.3 is 0 Å². The number of nitrogen functional groups attached to an aromatic ring is 1. The third-order valence-corrected chi connectivity index (χ3v) is 3.77. The van der Waals surface area contributed by atoms with E-state index in [9.17, 15) is 4.39 Å². The fourth-order valence-corrected chi connectivity index (χ4v) is 2.70. The summed E-state index contributed by atoms with van der Waals surface area (Å²) in [6, 6.07) is 5.00. The van der Waals surface area contributed by atoms with E-state index in [1.807, 2.05) is 16.8 Å². The molecule has 0 radical (unpaired) electrons. The predicted molar refractivity (Wildman–Crippen MR) is 71.0 cm³/mol. The van der Waals surface area contributed by atoms with Gasteiger partial charge in [-0.05, 0) is 33.4 Å². The van der Waals surface area contributed by atoms with Crippen LogP contribution in [0.2, 0.25) is 0 Å². The van der Waals surface area contributed by atoms with Gasteiger partial charge in [0.25, 0.3) is 0 Å². The molecule has 2 heterocycles. The van der Waals surface area contributed by atoms with Crippen molar-refractivity contribution in [2.45, 2.75) is 0 Å². The molecule has 2 N–H and O–H groups in total. The number of benzene rings is 1. The van der Waals surface area contributed by atoms with Gasteiger partial charge < -0.3 is 5.73 Å². The van der Waals surface area contributed by atoms with Crippen molar-refractivity contribution in [1.82, 2.24) is 9.55 Å². The zero-order valence-electron chi connectivity index (χ0n) is 8.52. The van der Waals surface area contributed by atoms with Crippen molar-refractivity contribution in [3.05, 3.63) is 39.2 Å². The minimum absolute atomic E-state index is 0.340. The van der Waals surface area contributed by atoms with E-state index in [0.29, 0.717) is 15.9 Å². The lowest BCUT2D eigenvalue weighted by Gasteiger charge is -2.03. The summed E-state index contributed by atoms with van der Waals surface area (Å²) in [6.07, 6.45) is 0. The van der Waals surface area contributed by atoms with Crippen LogP contribution >= 0.6 is 27.3 Å². The van der Waals surface area contributed by atoms with Gasteiger partial charge in [0.2, 0.25) is 5.95 Å². The highest BCUT2D eigenvalue weighted by molar-refractivity contribution is 9.10. The zero-order valence-corrected chi connectivity index (χ0v) is 10.9. The fraction of sp³-hybridized carbons (Fsp3) is 0. The molecule has 3 rings (SSSR count). The Kier molecular flexibility index (Phi) is 2.41. The lowest BCUT2D eigenvalue weighted by molar-refractivity contribution is 0.623. The van der Waals surface area contributed by atoms with Gasteiger partial charge in [-0.1, -0.05) is 0 Å². The minimum atomic E-state index is -0.340. The van der Waals surface area contributed by atoms with Crippen molar-refractivity contribution >= 4 is 44.2 Å². The quantitative estimate of drug-likeness (QED) is 0.746. The molecule has 86 valence electrons. The maximum Gasteiger partial charge on any atom is 0.205 e. The van der Waals surface area contributed by atoms with E-state index in [0.717, 1.165) is 11.2 Å². The summed E-state index contributed by atoms with van der Waals surface area (Å²) in [6.45, 7) is 0. The Morgan fingerprint density at radius 3 is 2.94 bits per heavy atom. The van der Waals surface area contributed by atoms with Gasteiger partial charge in [-0.2, -0.15) is 11.3 Å². The number of aromatic nitrogens is 2. The van der Waals surface area contributed by atoms with Gasteiger partial charge in [0.15, 0.2) is 0 Å². The first-order valence-corrected chi connectivity index (χ1v) is 6.56. The summed E-state index contributed by atoms with van der Waals surface area (Å²) < 4.78 is 15.6. The average molecular weight is 312 g/mol. The molecule has 0 aliphatic rings. The summed E-state index contributed by atoms with van der Waals surface area (Å²) >= 11 is 4.74. The van der Waals surface area contributed by atoms with E-state index in [4.69, 9.17) is 5.73 Å². The Hall–Kier alpha value is -1.40. The van der Waals surface area contributed by atoms with Crippen LogP contribution in [0.25, 0.3) is 16.7 Å². The number of halogens is 2. The van der Waals surface area contributed by atoms with Gasteiger partial charge in [0.05, 0.1) is 21.2 Å². The largest absolute Gasteiger partial charge is 0.369 e. The predicted octanol–water partition coefficient (Wildman–Crippen LogP) is 3.57. The van der Waals surface area contributed by atoms with E-state index in [2.05, 4.69) is 20.9 Å². The number of nitrogens with two attached hydrogens (primary N) is 1. The fourth-order valence-electron chi connectivity index (χ4n) is 1.75. The summed E-state index contributed by atoms with van der Waals surface area (Å²) in [7, 11) is 0. The number of nitrogens with zero attached hydrogens (tertiary/aromatic N) is 2. The van der Waals surface area contributed by atoms with Crippen LogP contribution in [0.1, 0.15) is 0 Å². The number of rotatable bonds is 1. The van der Waals surface area contributed by atoms with Crippen molar-refractivity contribution < 1.29 is 4.39 Å². The first-order chi connectivity index (χ1) is 8.16. The van der Waals surface area contributed by atoms with Crippen molar-refractivity contribution in [1.29, 1.82) is 0 Å². The van der Waals surface area contributed by atoms with E-state index < -0.39 is 0 Å². The van der Waals surface area contributed by atoms with Crippen LogP contribution in [0.15, 0.2) is 33.4 Å². The molecule has 0 unspecified atom stereocenters. The van der Waals surface area contributed by atoms with Crippen molar-refractivity contribution in [2.24, 2.45) is 0 Å². The number of thiophene rings is 1. The Morgan fingerprint density at radius 1 is 1.41 bits per heavy atom. The number of anilines is 1. The van der Waals surface area contributed by atoms with Gasteiger partial charge in [0, 0.05) is 11.4 Å². The molecule has 0 atom stereocenters. The second-order valence-electron chi connectivity index (χ2n) is 3.54. The SMILES string of the molecule is Nc1nc2cc(F)c(Br)cc2n1-c1ccsc1. The molecule has 6 heteroatoms. The molecule has 2 aromatic heterocycles. The van der Waals surface area contributed by atoms with Crippen LogP contribution in [-0.4, -0.2) is 9.55 Å². The highest BCUT2D eigenvalue weighted by Gasteiger charge is 2.12. The van der Waals surface area contributed by atoms with E-state index in [1.165, 1.54) is 6.07 Å². The molecular weight excluding hydrogens is 305 g/mol. The standard InChI is InChI=1S/C11H7BrFN3S/c12-7-3-10-9(4-8(7)13)15-11(14)16(10)6-1-2-17-5-6/h1-5H,(H2,14,15). The van der Waals surface area contributed by atoms with Crippen LogP contribution in [0.5, 0.6) is 0 Å². The van der Waals surface area contributed by atoms with Crippen LogP contribution in [0, 0.1) is 5.82 Å². The van der Waals surface area contributed by atoms with E-state index in [1.54, 1.807) is 22.0 Å². The molecule has 0 saturated heterocycles. The lowest BCUT2D eigenvalue weighted by atomic mass is 10.3. The number of fused-ring (bicyclic) bond motifs is 1. The van der Waals surface area contributed by atoms with Gasteiger partial charge in [-0.15, -0.1) is 0 Å². The van der Waals surface area contributed by atoms with Crippen LogP contribution in [-0.2, 0) is 0 Å². The number of hydrogen-bond acceptors (Lipinski definition) is 3. The topological polar surface area (TPSA) is 43.8 Å². The second-order valence-corrected chi connectivity index (χ2v) is 5.18. The zero-order chi connectivity index (χ0) is 12.0. The van der Waals surface area contributed by atoms with Gasteiger partial charge in [-0.25, -0.2) is 9.37 Å². The molecular formula is C11H7BrFN3S. The monoisotopic (exact) mass is 311 g/mol. The molecule has 0 bridgehead atoms. The maximum absolute atomic E-state index is 13.4. The summed E-state index contributed by atoms with van der Waals surface area (Å²) in [5.41, 5.74) is 8.14. The first-order valence-electron chi connectivity index (χ1n) is 4.82. The molecule has 0 saturated carbocycles. The molecule has 3 aromatic rings. The lowest BCUT2D eigenvalue weighted by Crippen LogP contribution is -1.98. The van der Waals surface area contributed by atoms with Crippen LogP contribution in [0.3, 0.4) is 0 Å². The average Bonchev–Trinajstić information content (AvgIpc) is 2.86. The van der Waals surface area contributed by atoms with E-state index in [-0.39, 0.29) is 5.82 Å². The van der Waals surface area contributed by atoms with Gasteiger partial charge in [-0.3, -0.25) is 4.57 Å². The third kappa shape index (κ3) is 1.64. The molecule has 0 fully saturated rings. The third-order valence-electron chi connectivity index (χ3n) is 2.49. The second kappa shape index (κ2) is 3.82. The number of hydrogen-bond donors (Lipinski definition) is 1. The van der Waals surface area contributed by atoms with Crippen molar-refractivity contribution in [2.75, 3.05) is 5.73 Å². The highest BCUT2D eigenvalue weighted by Crippen LogP contribution is 2.28. The molecule has 1 aromatic carbocycles. The first kappa shape index (κ1) is 10.7. The molecule has 0 spiro atoms. The Morgan fingerprint density at radius 2 is 2.24 bits per heavy atom. The highest BCUT2D eigenvalue weighted by atomic mass is 79.9. The maximum atomic E-state index is 13.4. The molecule has 0 aliphatic carbocycles. The molecule has 3 nitrogen and oxygen atoms in total. The van der Waals surface area contributed by atoms with Crippen LogP contribution in [0.4, 0.5) is 10.3 Å². The minimum Gasteiger partial charge on any atom is -0.369 e. The Labute approximate surface area is 109 Å². The van der Waals surface area contributed by atoms with Crippen LogP contribution < -0.4 is 5.73 Å². The van der Waals surface area contributed by atoms with Crippen molar-refractivity contribution in [3.63, 3.8) is 0 Å². The van der Waals surface area contributed by atoms with Crippen molar-refractivity contribution in [3.8, 4) is 5.69 Å². The summed E-state index contributed by atoms with van der Waals surface area (Å²) in [4.78, 5) is 4.16. The van der Waals surface area contributed by atoms with E-state index >= 15 is 0 Å². The smallest absolute Gasteiger partial charge is 0.205 e. The molecule has 0 amide bonds. The molecule has 17 heavy (non-hydrogen) atoms. The summed E-state index contributed by atoms with van der Waals surface area (Å²) in [5, 5.41) is 3.92. The summed E-state index contributed by atoms with van der Waals surface area (Å²) in [5.74, 6) is 0.0170. The normalized spacial score (nSPS) is 11.2. The number of imidazole rings is 1. The van der Waals surface area contributed by atoms with Gasteiger partial charge in [0.1, 0.15) is 5.82 Å². The Bertz CT molecular complexity index is 690.